The maximum Gasteiger partial charge on any atom is 0.151 e. The number of nitrogens with one attached hydrogen (secondary N) is 1. The molecule has 2 aromatic rings. The van der Waals surface area contributed by atoms with Crippen LogP contribution < -0.4 is 20.5 Å². The number of rotatable bonds is 4. The molecule has 0 fully saturated rings. The zero-order valence-corrected chi connectivity index (χ0v) is 13.4. The average molecular weight is 316 g/mol. The van der Waals surface area contributed by atoms with Gasteiger partial charge in [-0.2, -0.15) is 0 Å². The lowest BCUT2D eigenvalue weighted by Crippen LogP contribution is -2.37. The Morgan fingerprint density at radius 2 is 2.13 bits per heavy atom. The topological polar surface area (TPSA) is 56.5 Å². The van der Waals surface area contributed by atoms with Gasteiger partial charge in [0.1, 0.15) is 17.7 Å². The first kappa shape index (κ1) is 15.6. The van der Waals surface area contributed by atoms with Crippen LogP contribution in [0.1, 0.15) is 12.5 Å². The van der Waals surface area contributed by atoms with E-state index in [2.05, 4.69) is 5.32 Å². The second-order valence-corrected chi connectivity index (χ2v) is 5.60. The van der Waals surface area contributed by atoms with E-state index < -0.39 is 0 Å². The van der Waals surface area contributed by atoms with Crippen LogP contribution in [0.15, 0.2) is 30.3 Å². The molecule has 1 aliphatic heterocycles. The van der Waals surface area contributed by atoms with Gasteiger partial charge in [0.15, 0.2) is 5.75 Å². The third-order valence-electron chi connectivity index (χ3n) is 3.92. The highest BCUT2D eigenvalue weighted by Gasteiger charge is 2.23. The largest absolute Gasteiger partial charge is 0.494 e. The van der Waals surface area contributed by atoms with Crippen molar-refractivity contribution in [3.63, 3.8) is 0 Å². The van der Waals surface area contributed by atoms with Crippen molar-refractivity contribution in [2.24, 2.45) is 5.73 Å². The van der Waals surface area contributed by atoms with Gasteiger partial charge in [-0.25, -0.2) is 4.39 Å². The van der Waals surface area contributed by atoms with Crippen LogP contribution in [0.4, 0.5) is 10.1 Å². The number of ether oxygens (including phenoxy) is 2. The van der Waals surface area contributed by atoms with E-state index in [0.717, 1.165) is 22.4 Å². The molecule has 122 valence electrons. The Hall–Kier alpha value is -2.27. The van der Waals surface area contributed by atoms with E-state index in [1.54, 1.807) is 0 Å². The average Bonchev–Trinajstić information content (AvgIpc) is 2.54. The highest BCUT2D eigenvalue weighted by molar-refractivity contribution is 5.81. The summed E-state index contributed by atoms with van der Waals surface area (Å²) >= 11 is 0. The first-order valence-corrected chi connectivity index (χ1v) is 7.80. The Morgan fingerprint density at radius 1 is 1.30 bits per heavy atom. The lowest BCUT2D eigenvalue weighted by Gasteiger charge is -2.28. The number of aryl methyl sites for hydroxylation is 1. The maximum absolute atomic E-state index is 14.0. The molecule has 23 heavy (non-hydrogen) atoms. The van der Waals surface area contributed by atoms with Gasteiger partial charge >= 0.3 is 0 Å². The SMILES string of the molecule is CCOc1ccc(-c2cc(F)cc3c2O[C@@H](CN)CN3)c(C)c1. The Balaban J connectivity index is 2.08. The summed E-state index contributed by atoms with van der Waals surface area (Å²) in [5.74, 6) is 1.16. The van der Waals surface area contributed by atoms with Crippen molar-refractivity contribution >= 4 is 5.69 Å². The molecule has 3 rings (SSSR count). The fourth-order valence-electron chi connectivity index (χ4n) is 2.81. The third kappa shape index (κ3) is 3.10. The molecule has 2 aromatic carbocycles. The van der Waals surface area contributed by atoms with E-state index in [1.165, 1.54) is 12.1 Å². The lowest BCUT2D eigenvalue weighted by molar-refractivity contribution is 0.215. The predicted molar refractivity (Wildman–Crippen MR) is 89.7 cm³/mol. The zero-order valence-electron chi connectivity index (χ0n) is 13.4. The third-order valence-corrected chi connectivity index (χ3v) is 3.92. The van der Waals surface area contributed by atoms with Crippen LogP contribution >= 0.6 is 0 Å². The fraction of sp³-hybridized carbons (Fsp3) is 0.333. The van der Waals surface area contributed by atoms with Gasteiger partial charge < -0.3 is 20.5 Å². The second kappa shape index (κ2) is 6.46. The molecule has 0 spiro atoms. The number of fused-ring (bicyclic) bond motifs is 1. The molecule has 0 aliphatic carbocycles. The normalized spacial score (nSPS) is 16.3. The first-order chi connectivity index (χ1) is 11.1. The van der Waals surface area contributed by atoms with Gasteiger partial charge in [0.25, 0.3) is 0 Å². The van der Waals surface area contributed by atoms with Gasteiger partial charge in [0, 0.05) is 18.2 Å². The molecule has 1 atom stereocenters. The number of benzene rings is 2. The predicted octanol–water partition coefficient (Wildman–Crippen LogP) is 3.33. The molecule has 0 amide bonds. The van der Waals surface area contributed by atoms with Crippen molar-refractivity contribution in [3.05, 3.63) is 41.7 Å². The van der Waals surface area contributed by atoms with Crippen LogP contribution in [-0.2, 0) is 0 Å². The number of hydrogen-bond donors (Lipinski definition) is 2. The van der Waals surface area contributed by atoms with Gasteiger partial charge in [0.2, 0.25) is 0 Å². The van der Waals surface area contributed by atoms with Crippen LogP contribution in [0.25, 0.3) is 11.1 Å². The summed E-state index contributed by atoms with van der Waals surface area (Å²) in [6, 6.07) is 8.73. The summed E-state index contributed by atoms with van der Waals surface area (Å²) in [7, 11) is 0. The van der Waals surface area contributed by atoms with Gasteiger partial charge in [-0.3, -0.25) is 0 Å². The van der Waals surface area contributed by atoms with Crippen molar-refractivity contribution in [2.75, 3.05) is 25.0 Å². The molecule has 0 bridgehead atoms. The van der Waals surface area contributed by atoms with Crippen molar-refractivity contribution in [1.82, 2.24) is 0 Å². The monoisotopic (exact) mass is 316 g/mol. The molecule has 5 heteroatoms. The van der Waals surface area contributed by atoms with Crippen LogP contribution in [0.2, 0.25) is 0 Å². The number of anilines is 1. The number of halogens is 1. The molecule has 0 saturated carbocycles. The molecule has 0 unspecified atom stereocenters. The quantitative estimate of drug-likeness (QED) is 0.908. The molecule has 0 radical (unpaired) electrons. The summed E-state index contributed by atoms with van der Waals surface area (Å²) in [4.78, 5) is 0. The Morgan fingerprint density at radius 3 is 2.83 bits per heavy atom. The van der Waals surface area contributed by atoms with Crippen LogP contribution in [-0.4, -0.2) is 25.8 Å². The summed E-state index contributed by atoms with van der Waals surface area (Å²) in [5.41, 5.74) is 9.02. The van der Waals surface area contributed by atoms with Crippen molar-refractivity contribution in [1.29, 1.82) is 0 Å². The summed E-state index contributed by atoms with van der Waals surface area (Å²) in [5, 5.41) is 3.20. The number of hydrogen-bond acceptors (Lipinski definition) is 4. The van der Waals surface area contributed by atoms with E-state index in [1.807, 2.05) is 32.0 Å². The van der Waals surface area contributed by atoms with E-state index >= 15 is 0 Å². The maximum atomic E-state index is 14.0. The molecular weight excluding hydrogens is 295 g/mol. The van der Waals surface area contributed by atoms with E-state index in [-0.39, 0.29) is 11.9 Å². The van der Waals surface area contributed by atoms with Gasteiger partial charge in [-0.05, 0) is 43.2 Å². The second-order valence-electron chi connectivity index (χ2n) is 5.60. The van der Waals surface area contributed by atoms with Gasteiger partial charge in [-0.15, -0.1) is 0 Å². The van der Waals surface area contributed by atoms with E-state index in [4.69, 9.17) is 15.2 Å². The van der Waals surface area contributed by atoms with Crippen LogP contribution in [0.3, 0.4) is 0 Å². The minimum absolute atomic E-state index is 0.116. The standard InChI is InChI=1S/C18H21FN2O2/c1-3-22-13-4-5-15(11(2)6-13)16-7-12(19)8-17-18(16)23-14(9-20)10-21-17/h4-8,14,21H,3,9-10,20H2,1-2H3/t14-/m0/s1. The molecular formula is C18H21FN2O2. The van der Waals surface area contributed by atoms with E-state index in [0.29, 0.717) is 31.1 Å². The molecule has 0 aromatic heterocycles. The van der Waals surface area contributed by atoms with Gasteiger partial charge in [-0.1, -0.05) is 6.07 Å². The molecule has 3 N–H and O–H groups in total. The minimum atomic E-state index is -0.297. The zero-order chi connectivity index (χ0) is 16.4. The Labute approximate surface area is 135 Å². The Kier molecular flexibility index (Phi) is 4.39. The molecule has 4 nitrogen and oxygen atoms in total. The van der Waals surface area contributed by atoms with Crippen molar-refractivity contribution < 1.29 is 13.9 Å². The smallest absolute Gasteiger partial charge is 0.151 e. The van der Waals surface area contributed by atoms with Crippen LogP contribution in [0.5, 0.6) is 11.5 Å². The van der Waals surface area contributed by atoms with Crippen molar-refractivity contribution in [3.8, 4) is 22.6 Å². The minimum Gasteiger partial charge on any atom is -0.494 e. The van der Waals surface area contributed by atoms with Crippen LogP contribution in [0, 0.1) is 12.7 Å². The molecule has 1 aliphatic rings. The fourth-order valence-corrected chi connectivity index (χ4v) is 2.81. The molecule has 0 saturated heterocycles. The molecule has 1 heterocycles. The van der Waals surface area contributed by atoms with E-state index in [9.17, 15) is 4.39 Å². The van der Waals surface area contributed by atoms with Crippen molar-refractivity contribution in [2.45, 2.75) is 20.0 Å². The van der Waals surface area contributed by atoms with Gasteiger partial charge in [0.05, 0.1) is 18.8 Å². The highest BCUT2D eigenvalue weighted by Crippen LogP contribution is 2.41. The summed E-state index contributed by atoms with van der Waals surface area (Å²) in [6.07, 6.45) is -0.116. The Bertz CT molecular complexity index is 718. The lowest BCUT2D eigenvalue weighted by atomic mass is 9.97. The first-order valence-electron chi connectivity index (χ1n) is 7.80. The highest BCUT2D eigenvalue weighted by atomic mass is 19.1. The number of nitrogens with two attached hydrogens (primary N) is 1. The summed E-state index contributed by atoms with van der Waals surface area (Å²) in [6.45, 7) is 5.52. The summed E-state index contributed by atoms with van der Waals surface area (Å²) < 4.78 is 25.5.